The predicted octanol–water partition coefficient (Wildman–Crippen LogP) is 2.61. The fourth-order valence-corrected chi connectivity index (χ4v) is 2.83. The quantitative estimate of drug-likeness (QED) is 0.900. The maximum absolute atomic E-state index is 14.1. The van der Waals surface area contributed by atoms with E-state index in [0.29, 0.717) is 12.0 Å². The third-order valence-corrected chi connectivity index (χ3v) is 4.41. The summed E-state index contributed by atoms with van der Waals surface area (Å²) < 4.78 is 19.1. The number of rotatable bonds is 5. The number of aliphatic hydroxyl groups excluding tert-OH is 1. The molecule has 2 rings (SSSR count). The molecule has 1 aliphatic heterocycles. The molecule has 1 aromatic rings. The van der Waals surface area contributed by atoms with E-state index in [1.54, 1.807) is 18.2 Å². The van der Waals surface area contributed by atoms with Crippen molar-refractivity contribution in [1.29, 1.82) is 0 Å². The van der Waals surface area contributed by atoms with Crippen LogP contribution in [0.25, 0.3) is 0 Å². The first-order chi connectivity index (χ1) is 9.46. The Morgan fingerprint density at radius 1 is 1.35 bits per heavy atom. The van der Waals surface area contributed by atoms with Crippen molar-refractivity contribution in [3.05, 3.63) is 29.6 Å². The Labute approximate surface area is 120 Å². The molecule has 1 aromatic carbocycles. The number of halogens is 1. The van der Waals surface area contributed by atoms with Crippen LogP contribution in [-0.4, -0.2) is 41.8 Å². The Morgan fingerprint density at radius 3 is 2.60 bits per heavy atom. The van der Waals surface area contributed by atoms with Gasteiger partial charge in [-0.15, -0.1) is 0 Å². The van der Waals surface area contributed by atoms with E-state index in [1.165, 1.54) is 20.0 Å². The van der Waals surface area contributed by atoms with Gasteiger partial charge in [0, 0.05) is 12.0 Å². The fourth-order valence-electron chi connectivity index (χ4n) is 2.83. The molecule has 4 heteroatoms. The van der Waals surface area contributed by atoms with Crippen molar-refractivity contribution in [2.45, 2.75) is 44.8 Å². The molecule has 20 heavy (non-hydrogen) atoms. The summed E-state index contributed by atoms with van der Waals surface area (Å²) in [5.74, 6) is -0.139. The van der Waals surface area contributed by atoms with Crippen molar-refractivity contribution < 1.29 is 14.2 Å². The van der Waals surface area contributed by atoms with Crippen molar-refractivity contribution in [2.75, 3.05) is 20.2 Å². The van der Waals surface area contributed by atoms with Crippen LogP contribution in [0.2, 0.25) is 0 Å². The van der Waals surface area contributed by atoms with E-state index in [-0.39, 0.29) is 17.1 Å². The maximum atomic E-state index is 14.1. The minimum atomic E-state index is -0.609. The number of methoxy groups -OCH3 is 1. The zero-order valence-corrected chi connectivity index (χ0v) is 12.5. The lowest BCUT2D eigenvalue weighted by Crippen LogP contribution is -2.52. The molecular formula is C16H24FNO2. The molecule has 1 aliphatic rings. The number of likely N-dealkylation sites (tertiary alicyclic amines) is 1. The smallest absolute Gasteiger partial charge is 0.168 e. The molecule has 1 heterocycles. The normalized spacial score (nSPS) is 18.2. The van der Waals surface area contributed by atoms with Gasteiger partial charge in [-0.25, -0.2) is 4.39 Å². The van der Waals surface area contributed by atoms with Gasteiger partial charge in [-0.05, 0) is 51.4 Å². The minimum Gasteiger partial charge on any atom is -0.494 e. The van der Waals surface area contributed by atoms with Crippen LogP contribution < -0.4 is 4.74 Å². The Hall–Kier alpha value is -1.13. The molecule has 0 amide bonds. The van der Waals surface area contributed by atoms with Crippen LogP contribution >= 0.6 is 0 Å². The van der Waals surface area contributed by atoms with E-state index in [9.17, 15) is 9.50 Å². The second kappa shape index (κ2) is 6.10. The number of hydrogen-bond donors (Lipinski definition) is 1. The highest BCUT2D eigenvalue weighted by Crippen LogP contribution is 2.28. The lowest BCUT2D eigenvalue weighted by atomic mass is 9.90. The highest BCUT2D eigenvalue weighted by molar-refractivity contribution is 5.31. The van der Waals surface area contributed by atoms with Crippen LogP contribution in [0.5, 0.6) is 5.75 Å². The first-order valence-electron chi connectivity index (χ1n) is 7.21. The van der Waals surface area contributed by atoms with Crippen LogP contribution in [-0.2, 0) is 6.42 Å². The third kappa shape index (κ3) is 2.96. The van der Waals surface area contributed by atoms with Gasteiger partial charge in [0.05, 0.1) is 13.2 Å². The largest absolute Gasteiger partial charge is 0.494 e. The van der Waals surface area contributed by atoms with Gasteiger partial charge in [0.25, 0.3) is 0 Å². The molecule has 0 saturated carbocycles. The van der Waals surface area contributed by atoms with Crippen molar-refractivity contribution in [1.82, 2.24) is 4.90 Å². The van der Waals surface area contributed by atoms with E-state index in [4.69, 9.17) is 4.74 Å². The first kappa shape index (κ1) is 15.3. The van der Waals surface area contributed by atoms with Crippen LogP contribution in [0, 0.1) is 5.82 Å². The summed E-state index contributed by atoms with van der Waals surface area (Å²) in [6, 6.07) is 5.06. The van der Waals surface area contributed by atoms with Gasteiger partial charge in [-0.1, -0.05) is 12.1 Å². The zero-order chi connectivity index (χ0) is 14.8. The lowest BCUT2D eigenvalue weighted by Gasteiger charge is -2.39. The Bertz CT molecular complexity index is 456. The Balaban J connectivity index is 2.12. The molecule has 0 spiro atoms. The van der Waals surface area contributed by atoms with Crippen molar-refractivity contribution in [2.24, 2.45) is 0 Å². The van der Waals surface area contributed by atoms with Crippen LogP contribution in [0.4, 0.5) is 4.39 Å². The van der Waals surface area contributed by atoms with Gasteiger partial charge in [-0.2, -0.15) is 0 Å². The molecule has 1 saturated heterocycles. The monoisotopic (exact) mass is 281 g/mol. The highest BCUT2D eigenvalue weighted by Gasteiger charge is 2.36. The van der Waals surface area contributed by atoms with E-state index in [1.807, 2.05) is 13.8 Å². The van der Waals surface area contributed by atoms with Crippen LogP contribution in [0.3, 0.4) is 0 Å². The van der Waals surface area contributed by atoms with Crippen molar-refractivity contribution in [3.63, 3.8) is 0 Å². The van der Waals surface area contributed by atoms with E-state index in [2.05, 4.69) is 4.90 Å². The summed E-state index contributed by atoms with van der Waals surface area (Å²) in [6.45, 7) is 6.07. The highest BCUT2D eigenvalue weighted by atomic mass is 19.1. The molecule has 1 atom stereocenters. The molecule has 0 aliphatic carbocycles. The van der Waals surface area contributed by atoms with Crippen molar-refractivity contribution >= 4 is 0 Å². The number of nitrogens with zero attached hydrogens (tertiary/aromatic N) is 1. The number of ether oxygens (including phenoxy) is 1. The second-order valence-corrected chi connectivity index (χ2v) is 6.00. The van der Waals surface area contributed by atoms with Crippen LogP contribution in [0.1, 0.15) is 32.3 Å². The summed E-state index contributed by atoms with van der Waals surface area (Å²) in [4.78, 5) is 2.29. The van der Waals surface area contributed by atoms with Gasteiger partial charge in [0.2, 0.25) is 0 Å². The molecule has 1 unspecified atom stereocenters. The average Bonchev–Trinajstić information content (AvgIpc) is 2.95. The number of benzene rings is 1. The standard InChI is InChI=1S/C16H24FNO2/c1-16(2,18-9-4-5-10-18)14(19)11-12-7-6-8-13(20-3)15(12)17/h6-8,14,19H,4-5,9-11H2,1-3H3. The van der Waals surface area contributed by atoms with E-state index < -0.39 is 6.10 Å². The fraction of sp³-hybridized carbons (Fsp3) is 0.625. The summed E-state index contributed by atoms with van der Waals surface area (Å²) in [5, 5.41) is 10.5. The van der Waals surface area contributed by atoms with Gasteiger partial charge in [-0.3, -0.25) is 4.90 Å². The molecular weight excluding hydrogens is 257 g/mol. The van der Waals surface area contributed by atoms with Gasteiger partial charge in [0.1, 0.15) is 0 Å². The number of hydrogen-bond acceptors (Lipinski definition) is 3. The first-order valence-corrected chi connectivity index (χ1v) is 7.21. The topological polar surface area (TPSA) is 32.7 Å². The summed E-state index contributed by atoms with van der Waals surface area (Å²) in [6.07, 6.45) is 2.03. The summed E-state index contributed by atoms with van der Waals surface area (Å²) in [5.41, 5.74) is 0.163. The van der Waals surface area contributed by atoms with Gasteiger partial charge < -0.3 is 9.84 Å². The molecule has 3 nitrogen and oxygen atoms in total. The lowest BCUT2D eigenvalue weighted by molar-refractivity contribution is 0.00291. The minimum absolute atomic E-state index is 0.230. The molecule has 0 aromatic heterocycles. The van der Waals surface area contributed by atoms with Gasteiger partial charge in [0.15, 0.2) is 11.6 Å². The van der Waals surface area contributed by atoms with E-state index >= 15 is 0 Å². The predicted molar refractivity (Wildman–Crippen MR) is 77.5 cm³/mol. The number of aliphatic hydroxyl groups is 1. The average molecular weight is 281 g/mol. The SMILES string of the molecule is COc1cccc(CC(O)C(C)(C)N2CCCC2)c1F. The summed E-state index contributed by atoms with van der Waals surface area (Å²) >= 11 is 0. The maximum Gasteiger partial charge on any atom is 0.168 e. The second-order valence-electron chi connectivity index (χ2n) is 6.00. The molecule has 0 radical (unpaired) electrons. The third-order valence-electron chi connectivity index (χ3n) is 4.41. The van der Waals surface area contributed by atoms with Gasteiger partial charge >= 0.3 is 0 Å². The Kier molecular flexibility index (Phi) is 4.66. The molecule has 112 valence electrons. The summed E-state index contributed by atoms with van der Waals surface area (Å²) in [7, 11) is 1.45. The Morgan fingerprint density at radius 2 is 2.00 bits per heavy atom. The van der Waals surface area contributed by atoms with Crippen LogP contribution in [0.15, 0.2) is 18.2 Å². The van der Waals surface area contributed by atoms with Crippen molar-refractivity contribution in [3.8, 4) is 5.75 Å². The molecule has 0 bridgehead atoms. The van der Waals surface area contributed by atoms with E-state index in [0.717, 1.165) is 13.1 Å². The zero-order valence-electron chi connectivity index (χ0n) is 12.5. The molecule has 1 N–H and O–H groups in total. The molecule has 1 fully saturated rings.